The van der Waals surface area contributed by atoms with Gasteiger partial charge in [-0.25, -0.2) is 4.98 Å². The van der Waals surface area contributed by atoms with Gasteiger partial charge in [-0.15, -0.1) is 0 Å². The minimum Gasteiger partial charge on any atom is -0.349 e. The van der Waals surface area contributed by atoms with Crippen molar-refractivity contribution in [2.45, 2.75) is 31.7 Å². The molecule has 3 nitrogen and oxygen atoms in total. The van der Waals surface area contributed by atoms with Gasteiger partial charge in [-0.05, 0) is 19.4 Å². The first-order valence-electron chi connectivity index (χ1n) is 5.04. The summed E-state index contributed by atoms with van der Waals surface area (Å²) in [4.78, 5) is 7.38. The highest BCUT2D eigenvalue weighted by molar-refractivity contribution is 4.92. The fourth-order valence-electron chi connectivity index (χ4n) is 1.70. The van der Waals surface area contributed by atoms with Crippen molar-refractivity contribution in [3.8, 4) is 0 Å². The van der Waals surface area contributed by atoms with Gasteiger partial charge in [0.05, 0.1) is 0 Å². The highest BCUT2D eigenvalue weighted by atomic mass is 14.9. The second-order valence-corrected chi connectivity index (χ2v) is 3.90. The molecule has 0 spiro atoms. The van der Waals surface area contributed by atoms with Crippen LogP contribution in [0.5, 0.6) is 0 Å². The Kier molecular flexibility index (Phi) is 2.64. The summed E-state index contributed by atoms with van der Waals surface area (Å²) in [6.07, 6.45) is 8.89. The van der Waals surface area contributed by atoms with Crippen molar-refractivity contribution in [3.63, 3.8) is 0 Å². The summed E-state index contributed by atoms with van der Waals surface area (Å²) >= 11 is 0. The maximum Gasteiger partial charge on any atom is 0.107 e. The van der Waals surface area contributed by atoms with E-state index in [4.69, 9.17) is 0 Å². The molecule has 3 heteroatoms. The predicted octanol–water partition coefficient (Wildman–Crippen LogP) is 1.34. The molecule has 2 rings (SSSR count). The van der Waals surface area contributed by atoms with Crippen LogP contribution in [0.25, 0.3) is 0 Å². The molecule has 1 atom stereocenters. The maximum absolute atomic E-state index is 4.24. The van der Waals surface area contributed by atoms with Gasteiger partial charge in [0.15, 0.2) is 0 Å². The first-order valence-corrected chi connectivity index (χ1v) is 5.04. The molecule has 2 N–H and O–H groups in total. The van der Waals surface area contributed by atoms with E-state index in [0.29, 0.717) is 6.04 Å². The summed E-state index contributed by atoms with van der Waals surface area (Å²) in [7, 11) is 2.04. The number of aromatic nitrogens is 2. The second-order valence-electron chi connectivity index (χ2n) is 3.90. The Balaban J connectivity index is 1.82. The lowest BCUT2D eigenvalue weighted by Gasteiger charge is -2.13. The van der Waals surface area contributed by atoms with Crippen LogP contribution in [0.1, 0.15) is 25.1 Å². The van der Waals surface area contributed by atoms with Gasteiger partial charge in [-0.1, -0.05) is 12.8 Å². The fourth-order valence-corrected chi connectivity index (χ4v) is 1.70. The van der Waals surface area contributed by atoms with Crippen molar-refractivity contribution in [1.82, 2.24) is 15.3 Å². The van der Waals surface area contributed by atoms with Crippen LogP contribution in [0.3, 0.4) is 0 Å². The predicted molar refractivity (Wildman–Crippen MR) is 52.5 cm³/mol. The van der Waals surface area contributed by atoms with E-state index in [1.54, 1.807) is 0 Å². The number of imidazole rings is 1. The molecule has 0 amide bonds. The first-order chi connectivity index (χ1) is 6.38. The van der Waals surface area contributed by atoms with Crippen LogP contribution in [-0.4, -0.2) is 23.1 Å². The second kappa shape index (κ2) is 3.92. The average molecular weight is 179 g/mol. The third kappa shape index (κ3) is 2.56. The van der Waals surface area contributed by atoms with Crippen LogP contribution >= 0.6 is 0 Å². The number of aromatic amines is 1. The zero-order valence-corrected chi connectivity index (χ0v) is 8.09. The third-order valence-electron chi connectivity index (χ3n) is 2.72. The fraction of sp³-hybridized carbons (Fsp3) is 0.700. The van der Waals surface area contributed by atoms with Crippen LogP contribution in [0.15, 0.2) is 12.4 Å². The van der Waals surface area contributed by atoms with E-state index in [0.717, 1.165) is 18.2 Å². The lowest BCUT2D eigenvalue weighted by atomic mass is 10.1. The Morgan fingerprint density at radius 2 is 2.54 bits per heavy atom. The molecule has 1 saturated carbocycles. The largest absolute Gasteiger partial charge is 0.349 e. The van der Waals surface area contributed by atoms with Gasteiger partial charge in [0.25, 0.3) is 0 Å². The van der Waals surface area contributed by atoms with Gasteiger partial charge in [0, 0.05) is 24.9 Å². The zero-order chi connectivity index (χ0) is 9.10. The minimum absolute atomic E-state index is 0.596. The molecule has 1 aromatic heterocycles. The molecule has 1 fully saturated rings. The minimum atomic E-state index is 0.596. The molecule has 1 aliphatic carbocycles. The number of hydrogen-bond acceptors (Lipinski definition) is 2. The van der Waals surface area contributed by atoms with Crippen LogP contribution in [0.4, 0.5) is 0 Å². The molecule has 1 unspecified atom stereocenters. The molecule has 0 radical (unpaired) electrons. The number of rotatable bonds is 5. The molecule has 0 bridgehead atoms. The number of likely N-dealkylation sites (N-methyl/N-ethyl adjacent to an activating group) is 1. The SMILES string of the molecule is CNC(Cc1ncc[nH]1)CC1CC1. The van der Waals surface area contributed by atoms with E-state index in [2.05, 4.69) is 15.3 Å². The molecular formula is C10H17N3. The van der Waals surface area contributed by atoms with Gasteiger partial charge in [0.1, 0.15) is 5.82 Å². The Morgan fingerprint density at radius 3 is 3.08 bits per heavy atom. The van der Waals surface area contributed by atoms with Gasteiger partial charge < -0.3 is 10.3 Å². The highest BCUT2D eigenvalue weighted by Crippen LogP contribution is 2.33. The Hall–Kier alpha value is -0.830. The molecule has 72 valence electrons. The lowest BCUT2D eigenvalue weighted by Crippen LogP contribution is -2.28. The van der Waals surface area contributed by atoms with E-state index < -0.39 is 0 Å². The van der Waals surface area contributed by atoms with Crippen molar-refractivity contribution in [2.75, 3.05) is 7.05 Å². The van der Waals surface area contributed by atoms with Gasteiger partial charge in [0.2, 0.25) is 0 Å². The molecule has 0 saturated heterocycles. The summed E-state index contributed by atoms with van der Waals surface area (Å²) in [5, 5.41) is 3.35. The van der Waals surface area contributed by atoms with Crippen molar-refractivity contribution >= 4 is 0 Å². The van der Waals surface area contributed by atoms with Crippen LogP contribution in [0, 0.1) is 5.92 Å². The van der Waals surface area contributed by atoms with Crippen molar-refractivity contribution in [2.24, 2.45) is 5.92 Å². The molecule has 1 aromatic rings. The van der Waals surface area contributed by atoms with Crippen molar-refractivity contribution in [3.05, 3.63) is 18.2 Å². The summed E-state index contributed by atoms with van der Waals surface area (Å²) in [5.41, 5.74) is 0. The van der Waals surface area contributed by atoms with E-state index in [9.17, 15) is 0 Å². The van der Waals surface area contributed by atoms with Crippen LogP contribution in [0.2, 0.25) is 0 Å². The molecule has 0 aromatic carbocycles. The van der Waals surface area contributed by atoms with Crippen molar-refractivity contribution in [1.29, 1.82) is 0 Å². The first kappa shape index (κ1) is 8.75. The Morgan fingerprint density at radius 1 is 1.69 bits per heavy atom. The number of hydrogen-bond donors (Lipinski definition) is 2. The summed E-state index contributed by atoms with van der Waals surface area (Å²) in [5.74, 6) is 2.08. The van der Waals surface area contributed by atoms with Crippen LogP contribution < -0.4 is 5.32 Å². The number of nitrogens with one attached hydrogen (secondary N) is 2. The quantitative estimate of drug-likeness (QED) is 0.716. The van der Waals surface area contributed by atoms with E-state index in [1.165, 1.54) is 19.3 Å². The van der Waals surface area contributed by atoms with E-state index in [-0.39, 0.29) is 0 Å². The Labute approximate surface area is 79.0 Å². The van der Waals surface area contributed by atoms with Gasteiger partial charge in [-0.2, -0.15) is 0 Å². The normalized spacial score (nSPS) is 18.8. The van der Waals surface area contributed by atoms with Crippen LogP contribution in [-0.2, 0) is 6.42 Å². The number of H-pyrrole nitrogens is 1. The van der Waals surface area contributed by atoms with Gasteiger partial charge >= 0.3 is 0 Å². The summed E-state index contributed by atoms with van der Waals surface area (Å²) in [6, 6.07) is 0.596. The Bertz CT molecular complexity index is 239. The molecule has 1 heterocycles. The molecule has 13 heavy (non-hydrogen) atoms. The molecule has 0 aliphatic heterocycles. The zero-order valence-electron chi connectivity index (χ0n) is 8.09. The smallest absolute Gasteiger partial charge is 0.107 e. The number of nitrogens with zero attached hydrogens (tertiary/aromatic N) is 1. The van der Waals surface area contributed by atoms with Crippen molar-refractivity contribution < 1.29 is 0 Å². The summed E-state index contributed by atoms with van der Waals surface area (Å²) in [6.45, 7) is 0. The third-order valence-corrected chi connectivity index (χ3v) is 2.72. The topological polar surface area (TPSA) is 40.7 Å². The van der Waals surface area contributed by atoms with E-state index in [1.807, 2.05) is 19.4 Å². The summed E-state index contributed by atoms with van der Waals surface area (Å²) < 4.78 is 0. The highest BCUT2D eigenvalue weighted by Gasteiger charge is 2.25. The molecular weight excluding hydrogens is 162 g/mol. The molecule has 1 aliphatic rings. The lowest BCUT2D eigenvalue weighted by molar-refractivity contribution is 0.483. The maximum atomic E-state index is 4.24. The van der Waals surface area contributed by atoms with E-state index >= 15 is 0 Å². The monoisotopic (exact) mass is 179 g/mol. The standard InChI is InChI=1S/C10H17N3/c1-11-9(6-8-2-3-8)7-10-12-4-5-13-10/h4-5,8-9,11H,2-3,6-7H2,1H3,(H,12,13). The van der Waals surface area contributed by atoms with Gasteiger partial charge in [-0.3, -0.25) is 0 Å². The average Bonchev–Trinajstić information content (AvgIpc) is 2.80.